The first kappa shape index (κ1) is 9.70. The van der Waals surface area contributed by atoms with Gasteiger partial charge in [-0.05, 0) is 5.56 Å². The fraction of sp³-hybridized carbons (Fsp3) is 0.222. The molecule has 0 aliphatic heterocycles. The van der Waals surface area contributed by atoms with Crippen LogP contribution in [-0.4, -0.2) is 17.7 Å². The molecular weight excluding hydrogens is 166 g/mol. The van der Waals surface area contributed by atoms with E-state index < -0.39 is 0 Å². The van der Waals surface area contributed by atoms with Gasteiger partial charge in [0, 0.05) is 12.1 Å². The van der Waals surface area contributed by atoms with Crippen molar-refractivity contribution < 1.29 is 5.11 Å². The average molecular weight is 179 g/mol. The second kappa shape index (κ2) is 4.59. The monoisotopic (exact) mass is 179 g/mol. The van der Waals surface area contributed by atoms with Crippen LogP contribution in [0, 0.1) is 5.41 Å². The van der Waals surface area contributed by atoms with Crippen molar-refractivity contribution in [2.24, 2.45) is 5.73 Å². The number of nitrogens with one attached hydrogen (secondary N) is 2. The van der Waals surface area contributed by atoms with E-state index in [-0.39, 0.29) is 12.6 Å². The number of aliphatic hydroxyl groups is 1. The number of hydrogen-bond donors (Lipinski definition) is 4. The van der Waals surface area contributed by atoms with Gasteiger partial charge in [-0.3, -0.25) is 10.7 Å². The molecule has 0 amide bonds. The third kappa shape index (κ3) is 2.85. The summed E-state index contributed by atoms with van der Waals surface area (Å²) in [5.74, 6) is 0.0710. The van der Waals surface area contributed by atoms with Crippen LogP contribution < -0.4 is 11.1 Å². The Morgan fingerprint density at radius 2 is 2.00 bits per heavy atom. The Kier molecular flexibility index (Phi) is 3.42. The lowest BCUT2D eigenvalue weighted by atomic mass is 10.1. The molecule has 0 spiro atoms. The standard InChI is InChI=1S/C9H13N3O/c10-9(11)8-3-1-7(2-4-8)5-12-6-13/h1-4,12-13H,5-6H2,(H3,10,11). The van der Waals surface area contributed by atoms with Gasteiger partial charge in [-0.25, -0.2) is 0 Å². The largest absolute Gasteiger partial charge is 0.384 e. The van der Waals surface area contributed by atoms with Crippen molar-refractivity contribution in [3.63, 3.8) is 0 Å². The summed E-state index contributed by atoms with van der Waals surface area (Å²) in [6.07, 6.45) is 0. The summed E-state index contributed by atoms with van der Waals surface area (Å²) in [4.78, 5) is 0. The number of hydrogen-bond acceptors (Lipinski definition) is 3. The van der Waals surface area contributed by atoms with Crippen molar-refractivity contribution in [2.45, 2.75) is 6.54 Å². The van der Waals surface area contributed by atoms with Crippen molar-refractivity contribution >= 4 is 5.84 Å². The molecule has 4 nitrogen and oxygen atoms in total. The third-order valence-electron chi connectivity index (χ3n) is 1.71. The van der Waals surface area contributed by atoms with Gasteiger partial charge >= 0.3 is 0 Å². The van der Waals surface area contributed by atoms with E-state index in [1.807, 2.05) is 12.1 Å². The van der Waals surface area contributed by atoms with Crippen LogP contribution in [0.1, 0.15) is 11.1 Å². The SMILES string of the molecule is N=C(N)c1ccc(CNCO)cc1. The van der Waals surface area contributed by atoms with Crippen LogP contribution >= 0.6 is 0 Å². The summed E-state index contributed by atoms with van der Waals surface area (Å²) < 4.78 is 0. The van der Waals surface area contributed by atoms with Crippen LogP contribution in [0.2, 0.25) is 0 Å². The van der Waals surface area contributed by atoms with Crippen molar-refractivity contribution in [2.75, 3.05) is 6.73 Å². The molecular formula is C9H13N3O. The maximum absolute atomic E-state index is 8.51. The molecule has 0 radical (unpaired) electrons. The Bertz CT molecular complexity index is 281. The molecule has 1 aromatic carbocycles. The van der Waals surface area contributed by atoms with Crippen molar-refractivity contribution in [3.05, 3.63) is 35.4 Å². The van der Waals surface area contributed by atoms with Crippen molar-refractivity contribution in [1.82, 2.24) is 5.32 Å². The smallest absolute Gasteiger partial charge is 0.122 e. The van der Waals surface area contributed by atoms with Crippen LogP contribution in [0.4, 0.5) is 0 Å². The Balaban J connectivity index is 2.64. The molecule has 0 aliphatic carbocycles. The Morgan fingerprint density at radius 1 is 1.38 bits per heavy atom. The summed E-state index contributed by atoms with van der Waals surface area (Å²) >= 11 is 0. The fourth-order valence-electron chi connectivity index (χ4n) is 1.00. The molecule has 5 N–H and O–H groups in total. The highest BCUT2D eigenvalue weighted by Crippen LogP contribution is 2.02. The first-order valence-corrected chi connectivity index (χ1v) is 3.99. The fourth-order valence-corrected chi connectivity index (χ4v) is 1.00. The molecule has 0 aromatic heterocycles. The van der Waals surface area contributed by atoms with E-state index in [4.69, 9.17) is 16.2 Å². The molecule has 0 atom stereocenters. The van der Waals surface area contributed by atoms with Gasteiger partial charge in [0.2, 0.25) is 0 Å². The van der Waals surface area contributed by atoms with Gasteiger partial charge < -0.3 is 10.8 Å². The Labute approximate surface area is 76.9 Å². The van der Waals surface area contributed by atoms with Crippen LogP contribution in [0.15, 0.2) is 24.3 Å². The number of nitrogen functional groups attached to an aromatic ring is 1. The summed E-state index contributed by atoms with van der Waals surface area (Å²) in [7, 11) is 0. The van der Waals surface area contributed by atoms with Crippen LogP contribution in [-0.2, 0) is 6.54 Å². The molecule has 1 aromatic rings. The van der Waals surface area contributed by atoms with Gasteiger partial charge in [0.1, 0.15) is 5.84 Å². The van der Waals surface area contributed by atoms with E-state index in [2.05, 4.69) is 5.32 Å². The van der Waals surface area contributed by atoms with Crippen LogP contribution in [0.5, 0.6) is 0 Å². The first-order valence-electron chi connectivity index (χ1n) is 3.99. The Hall–Kier alpha value is -1.39. The molecule has 4 heteroatoms. The maximum Gasteiger partial charge on any atom is 0.122 e. The second-order valence-corrected chi connectivity index (χ2v) is 2.70. The minimum absolute atomic E-state index is 0.0333. The maximum atomic E-state index is 8.51. The predicted molar refractivity (Wildman–Crippen MR) is 51.4 cm³/mol. The van der Waals surface area contributed by atoms with Gasteiger partial charge in [-0.15, -0.1) is 0 Å². The zero-order valence-electron chi connectivity index (χ0n) is 7.25. The lowest BCUT2D eigenvalue weighted by molar-refractivity contribution is 0.259. The van der Waals surface area contributed by atoms with Gasteiger partial charge in [0.25, 0.3) is 0 Å². The average Bonchev–Trinajstić information content (AvgIpc) is 2.15. The normalized spacial score (nSPS) is 9.92. The Morgan fingerprint density at radius 3 is 2.46 bits per heavy atom. The third-order valence-corrected chi connectivity index (χ3v) is 1.71. The number of aliphatic hydroxyl groups excluding tert-OH is 1. The summed E-state index contributed by atoms with van der Waals surface area (Å²) in [6.45, 7) is 0.586. The number of nitrogens with two attached hydrogens (primary N) is 1. The van der Waals surface area contributed by atoms with E-state index in [9.17, 15) is 0 Å². The minimum atomic E-state index is -0.0333. The summed E-state index contributed by atoms with van der Waals surface area (Å²) in [5, 5.41) is 18.5. The lowest BCUT2D eigenvalue weighted by Gasteiger charge is -2.02. The molecule has 0 bridgehead atoms. The molecule has 1 rings (SSSR count). The molecule has 0 saturated carbocycles. The molecule has 0 fully saturated rings. The van der Waals surface area contributed by atoms with E-state index in [0.29, 0.717) is 12.1 Å². The van der Waals surface area contributed by atoms with E-state index >= 15 is 0 Å². The van der Waals surface area contributed by atoms with Gasteiger partial charge in [-0.1, -0.05) is 24.3 Å². The topological polar surface area (TPSA) is 82.1 Å². The van der Waals surface area contributed by atoms with Crippen molar-refractivity contribution in [1.29, 1.82) is 5.41 Å². The number of benzene rings is 1. The quantitative estimate of drug-likeness (QED) is 0.298. The van der Waals surface area contributed by atoms with Gasteiger partial charge in [0.15, 0.2) is 0 Å². The van der Waals surface area contributed by atoms with Crippen LogP contribution in [0.25, 0.3) is 0 Å². The predicted octanol–water partition coefficient (Wildman–Crippen LogP) is 0.0101. The second-order valence-electron chi connectivity index (χ2n) is 2.70. The van der Waals surface area contributed by atoms with E-state index in [1.165, 1.54) is 0 Å². The van der Waals surface area contributed by atoms with Gasteiger partial charge in [-0.2, -0.15) is 0 Å². The molecule has 70 valence electrons. The van der Waals surface area contributed by atoms with Crippen LogP contribution in [0.3, 0.4) is 0 Å². The summed E-state index contributed by atoms with van der Waals surface area (Å²) in [6, 6.07) is 7.33. The zero-order valence-corrected chi connectivity index (χ0v) is 7.25. The molecule has 0 unspecified atom stereocenters. The number of amidine groups is 1. The molecule has 13 heavy (non-hydrogen) atoms. The first-order chi connectivity index (χ1) is 6.24. The van der Waals surface area contributed by atoms with E-state index in [0.717, 1.165) is 5.56 Å². The molecule has 0 aliphatic rings. The molecule has 0 heterocycles. The minimum Gasteiger partial charge on any atom is -0.384 e. The zero-order chi connectivity index (χ0) is 9.68. The van der Waals surface area contributed by atoms with Crippen molar-refractivity contribution in [3.8, 4) is 0 Å². The van der Waals surface area contributed by atoms with Gasteiger partial charge in [0.05, 0.1) is 6.73 Å². The molecule has 0 saturated heterocycles. The highest BCUT2D eigenvalue weighted by Gasteiger charge is 1.95. The highest BCUT2D eigenvalue weighted by molar-refractivity contribution is 5.94. The highest BCUT2D eigenvalue weighted by atomic mass is 16.3. The lowest BCUT2D eigenvalue weighted by Crippen LogP contribution is -2.14. The number of rotatable bonds is 4. The van der Waals surface area contributed by atoms with E-state index in [1.54, 1.807) is 12.1 Å². The summed E-state index contributed by atoms with van der Waals surface area (Å²) in [5.41, 5.74) is 7.06.